The third-order valence-electron chi connectivity index (χ3n) is 6.86. The van der Waals surface area contributed by atoms with Crippen LogP contribution in [0.4, 0.5) is 5.69 Å². The number of allylic oxidation sites excluding steroid dienone is 1. The zero-order valence-electron chi connectivity index (χ0n) is 22.6. The van der Waals surface area contributed by atoms with Gasteiger partial charge in [-0.25, -0.2) is 9.79 Å². The summed E-state index contributed by atoms with van der Waals surface area (Å²) in [6, 6.07) is 10.7. The molecule has 0 spiro atoms. The van der Waals surface area contributed by atoms with Crippen LogP contribution in [0.15, 0.2) is 57.5 Å². The van der Waals surface area contributed by atoms with E-state index in [2.05, 4.69) is 23.7 Å². The monoisotopic (exact) mass is 549 g/mol. The number of hydrogen-bond donors (Lipinski definition) is 0. The van der Waals surface area contributed by atoms with Crippen molar-refractivity contribution in [2.24, 2.45) is 4.99 Å². The predicted octanol–water partition coefficient (Wildman–Crippen LogP) is 3.38. The van der Waals surface area contributed by atoms with Gasteiger partial charge in [0.1, 0.15) is 5.75 Å². The topological polar surface area (TPSA) is 91.6 Å². The Bertz CT molecular complexity index is 1630. The van der Waals surface area contributed by atoms with E-state index >= 15 is 0 Å². The van der Waals surface area contributed by atoms with Gasteiger partial charge in [-0.15, -0.1) is 0 Å². The standard InChI is InChI=1S/C29H31N3O6S/c1-6-31(7-2)20-11-9-18(22(15-20)35-5)14-24-27(33)32-26(19-10-12-21-23(13-19)38-16-37-21)25(28(34)36-8-3)17(4)30-29(32)39-24/h9-15,26H,6-8,16H2,1-5H3/b24-14-/t26-/m1/s1. The number of benzene rings is 2. The lowest BCUT2D eigenvalue weighted by Crippen LogP contribution is -2.39. The number of hydrogen-bond acceptors (Lipinski definition) is 9. The van der Waals surface area contributed by atoms with Gasteiger partial charge in [-0.05, 0) is 63.6 Å². The first kappa shape index (κ1) is 26.6. The first-order chi connectivity index (χ1) is 18.9. The molecule has 2 aliphatic rings. The van der Waals surface area contributed by atoms with Crippen molar-refractivity contribution in [3.8, 4) is 17.2 Å². The molecule has 39 heavy (non-hydrogen) atoms. The lowest BCUT2D eigenvalue weighted by Gasteiger charge is -2.24. The smallest absolute Gasteiger partial charge is 0.338 e. The van der Waals surface area contributed by atoms with E-state index in [0.29, 0.717) is 43.4 Å². The zero-order valence-corrected chi connectivity index (χ0v) is 23.5. The summed E-state index contributed by atoms with van der Waals surface area (Å²) in [5.41, 5.74) is 3.09. The quantitative estimate of drug-likeness (QED) is 0.398. The molecule has 0 saturated carbocycles. The number of fused-ring (bicyclic) bond motifs is 2. The molecule has 0 amide bonds. The second-order valence-electron chi connectivity index (χ2n) is 9.01. The normalized spacial score (nSPS) is 16.1. The number of nitrogens with zero attached hydrogens (tertiary/aromatic N) is 3. The van der Waals surface area contributed by atoms with Crippen LogP contribution in [0.5, 0.6) is 17.2 Å². The van der Waals surface area contributed by atoms with Crippen molar-refractivity contribution in [1.29, 1.82) is 0 Å². The number of ether oxygens (including phenoxy) is 4. The van der Waals surface area contributed by atoms with Gasteiger partial charge in [0.05, 0.1) is 35.6 Å². The molecule has 0 saturated heterocycles. The Balaban J connectivity index is 1.67. The second kappa shape index (κ2) is 11.0. The molecule has 2 aromatic carbocycles. The molecule has 3 aromatic rings. The van der Waals surface area contributed by atoms with E-state index in [9.17, 15) is 9.59 Å². The van der Waals surface area contributed by atoms with Crippen LogP contribution in [0.3, 0.4) is 0 Å². The molecule has 0 bridgehead atoms. The highest BCUT2D eigenvalue weighted by Crippen LogP contribution is 2.38. The van der Waals surface area contributed by atoms with Crippen LogP contribution in [0.1, 0.15) is 44.9 Å². The molecule has 10 heteroatoms. The highest BCUT2D eigenvalue weighted by atomic mass is 32.1. The molecule has 0 N–H and O–H groups in total. The van der Waals surface area contributed by atoms with Crippen molar-refractivity contribution < 1.29 is 23.7 Å². The summed E-state index contributed by atoms with van der Waals surface area (Å²) in [7, 11) is 1.62. The van der Waals surface area contributed by atoms with Crippen LogP contribution in [-0.2, 0) is 9.53 Å². The van der Waals surface area contributed by atoms with Gasteiger partial charge < -0.3 is 23.8 Å². The van der Waals surface area contributed by atoms with Gasteiger partial charge >= 0.3 is 5.97 Å². The van der Waals surface area contributed by atoms with Crippen LogP contribution >= 0.6 is 11.3 Å². The van der Waals surface area contributed by atoms with E-state index in [1.165, 1.54) is 11.3 Å². The van der Waals surface area contributed by atoms with Crippen molar-refractivity contribution in [3.63, 3.8) is 0 Å². The van der Waals surface area contributed by atoms with Crippen LogP contribution in [0.25, 0.3) is 6.08 Å². The largest absolute Gasteiger partial charge is 0.496 e. The number of carbonyl (C=O) groups is 1. The number of aromatic nitrogens is 1. The van der Waals surface area contributed by atoms with E-state index in [-0.39, 0.29) is 19.0 Å². The molecular formula is C29H31N3O6S. The maximum atomic E-state index is 13.9. The number of carbonyl (C=O) groups excluding carboxylic acids is 1. The van der Waals surface area contributed by atoms with Gasteiger partial charge in [0, 0.05) is 30.4 Å². The average molecular weight is 550 g/mol. The number of methoxy groups -OCH3 is 1. The number of anilines is 1. The minimum absolute atomic E-state index is 0.121. The first-order valence-electron chi connectivity index (χ1n) is 12.9. The maximum Gasteiger partial charge on any atom is 0.338 e. The van der Waals surface area contributed by atoms with E-state index in [4.69, 9.17) is 18.9 Å². The lowest BCUT2D eigenvalue weighted by molar-refractivity contribution is -0.139. The molecule has 5 rings (SSSR count). The van der Waals surface area contributed by atoms with Gasteiger partial charge in [0.15, 0.2) is 16.3 Å². The third kappa shape index (κ3) is 4.80. The molecule has 9 nitrogen and oxygen atoms in total. The van der Waals surface area contributed by atoms with Crippen LogP contribution < -0.4 is 34.0 Å². The highest BCUT2D eigenvalue weighted by molar-refractivity contribution is 7.07. The van der Waals surface area contributed by atoms with Gasteiger partial charge in [-0.2, -0.15) is 0 Å². The maximum absolute atomic E-state index is 13.9. The minimum Gasteiger partial charge on any atom is -0.496 e. The second-order valence-corrected chi connectivity index (χ2v) is 10.0. The summed E-state index contributed by atoms with van der Waals surface area (Å²) in [5, 5.41) is 0. The fourth-order valence-electron chi connectivity index (χ4n) is 4.94. The molecule has 0 unspecified atom stereocenters. The molecule has 2 aliphatic heterocycles. The predicted molar refractivity (Wildman–Crippen MR) is 150 cm³/mol. The molecule has 0 radical (unpaired) electrons. The van der Waals surface area contributed by atoms with Crippen molar-refractivity contribution >= 4 is 29.1 Å². The van der Waals surface area contributed by atoms with Crippen molar-refractivity contribution in [1.82, 2.24) is 4.57 Å². The Morgan fingerprint density at radius 2 is 1.92 bits per heavy atom. The fourth-order valence-corrected chi connectivity index (χ4v) is 5.97. The Morgan fingerprint density at radius 1 is 1.15 bits per heavy atom. The fraction of sp³-hybridized carbons (Fsp3) is 0.345. The summed E-state index contributed by atoms with van der Waals surface area (Å²) < 4.78 is 24.2. The van der Waals surface area contributed by atoms with E-state index < -0.39 is 12.0 Å². The number of thiazole rings is 1. The highest BCUT2D eigenvalue weighted by Gasteiger charge is 2.34. The van der Waals surface area contributed by atoms with Crippen molar-refractivity contribution in [2.75, 3.05) is 38.5 Å². The van der Waals surface area contributed by atoms with Crippen molar-refractivity contribution in [3.05, 3.63) is 78.5 Å². The summed E-state index contributed by atoms with van der Waals surface area (Å²) in [6.45, 7) is 9.80. The van der Waals surface area contributed by atoms with Gasteiger partial charge in [0.25, 0.3) is 5.56 Å². The molecule has 3 heterocycles. The SMILES string of the molecule is CCOC(=O)C1=C(C)N=c2s/c(=C\c3ccc(N(CC)CC)cc3OC)c(=O)n2[C@@H]1c1ccc2c(c1)OCO2. The van der Waals surface area contributed by atoms with Crippen LogP contribution in [-0.4, -0.2) is 44.1 Å². The third-order valence-corrected chi connectivity index (χ3v) is 7.84. The van der Waals surface area contributed by atoms with Crippen LogP contribution in [0, 0.1) is 0 Å². The molecule has 204 valence electrons. The first-order valence-corrected chi connectivity index (χ1v) is 13.7. The molecular weight excluding hydrogens is 518 g/mol. The van der Waals surface area contributed by atoms with E-state index in [1.54, 1.807) is 37.7 Å². The Kier molecular flexibility index (Phi) is 7.47. The summed E-state index contributed by atoms with van der Waals surface area (Å²) >= 11 is 1.27. The molecule has 0 fully saturated rings. The summed E-state index contributed by atoms with van der Waals surface area (Å²) in [6.07, 6.45) is 1.81. The molecule has 1 aromatic heterocycles. The Labute approximate surface area is 230 Å². The number of esters is 1. The Morgan fingerprint density at radius 3 is 2.64 bits per heavy atom. The Hall–Kier alpha value is -4.05. The summed E-state index contributed by atoms with van der Waals surface area (Å²) in [5.74, 6) is 1.33. The lowest BCUT2D eigenvalue weighted by atomic mass is 9.95. The van der Waals surface area contributed by atoms with Gasteiger partial charge in [-0.1, -0.05) is 17.4 Å². The van der Waals surface area contributed by atoms with Gasteiger partial charge in [-0.3, -0.25) is 9.36 Å². The average Bonchev–Trinajstić information content (AvgIpc) is 3.52. The summed E-state index contributed by atoms with van der Waals surface area (Å²) in [4.78, 5) is 34.4. The molecule has 0 aliphatic carbocycles. The van der Waals surface area contributed by atoms with Crippen molar-refractivity contribution in [2.45, 2.75) is 33.7 Å². The van der Waals surface area contributed by atoms with Crippen LogP contribution in [0.2, 0.25) is 0 Å². The zero-order chi connectivity index (χ0) is 27.7. The van der Waals surface area contributed by atoms with E-state index in [1.807, 2.05) is 30.3 Å². The van der Waals surface area contributed by atoms with E-state index in [0.717, 1.165) is 24.3 Å². The molecule has 1 atom stereocenters. The number of rotatable bonds is 8. The minimum atomic E-state index is -0.733. The van der Waals surface area contributed by atoms with Gasteiger partial charge in [0.2, 0.25) is 6.79 Å².